The van der Waals surface area contributed by atoms with Crippen LogP contribution in [0.15, 0.2) is 24.4 Å². The number of benzene rings is 1. The molecule has 0 bridgehead atoms. The summed E-state index contributed by atoms with van der Waals surface area (Å²) in [5, 5.41) is 8.72. The maximum absolute atomic E-state index is 6.13. The standard InChI is InChI=1S/C15H19ClN4S/c1-10-6-5-7-13(11(10)2)18-15(21)19(3)9-14-12(16)8-17-20(14)4/h5-8H,9H2,1-4H3,(H,18,21). The summed E-state index contributed by atoms with van der Waals surface area (Å²) in [6, 6.07) is 6.13. The molecule has 112 valence electrons. The number of hydrogen-bond donors (Lipinski definition) is 1. The number of aryl methyl sites for hydroxylation is 2. The molecule has 0 atom stereocenters. The number of nitrogens with one attached hydrogen (secondary N) is 1. The van der Waals surface area contributed by atoms with Crippen LogP contribution in [0.2, 0.25) is 5.02 Å². The molecule has 0 radical (unpaired) electrons. The van der Waals surface area contributed by atoms with Crippen molar-refractivity contribution in [1.82, 2.24) is 14.7 Å². The Balaban J connectivity index is 2.08. The van der Waals surface area contributed by atoms with Crippen LogP contribution in [0.25, 0.3) is 0 Å². The normalized spacial score (nSPS) is 10.5. The minimum atomic E-state index is 0.603. The molecule has 0 aliphatic rings. The second-order valence-corrected chi connectivity index (χ2v) is 5.89. The van der Waals surface area contributed by atoms with Gasteiger partial charge in [0.25, 0.3) is 0 Å². The summed E-state index contributed by atoms with van der Waals surface area (Å²) < 4.78 is 1.76. The molecular formula is C15H19ClN4S. The van der Waals surface area contributed by atoms with E-state index in [4.69, 9.17) is 23.8 Å². The second-order valence-electron chi connectivity index (χ2n) is 5.10. The largest absolute Gasteiger partial charge is 0.346 e. The fourth-order valence-electron chi connectivity index (χ4n) is 2.01. The van der Waals surface area contributed by atoms with Crippen molar-refractivity contribution < 1.29 is 0 Å². The van der Waals surface area contributed by atoms with Crippen LogP contribution in [0.5, 0.6) is 0 Å². The summed E-state index contributed by atoms with van der Waals surface area (Å²) in [5.74, 6) is 0. The molecule has 1 N–H and O–H groups in total. The highest BCUT2D eigenvalue weighted by atomic mass is 35.5. The summed E-state index contributed by atoms with van der Waals surface area (Å²) >= 11 is 11.6. The van der Waals surface area contributed by atoms with Gasteiger partial charge in [-0.25, -0.2) is 0 Å². The topological polar surface area (TPSA) is 33.1 Å². The van der Waals surface area contributed by atoms with Crippen molar-refractivity contribution in [3.63, 3.8) is 0 Å². The van der Waals surface area contributed by atoms with Crippen molar-refractivity contribution in [3.8, 4) is 0 Å². The molecule has 1 aromatic heterocycles. The van der Waals surface area contributed by atoms with Gasteiger partial charge in [0.2, 0.25) is 0 Å². The molecule has 0 fully saturated rings. The molecule has 6 heteroatoms. The first-order valence-corrected chi connectivity index (χ1v) is 7.43. The molecule has 4 nitrogen and oxygen atoms in total. The molecule has 1 aromatic carbocycles. The molecule has 0 saturated heterocycles. The van der Waals surface area contributed by atoms with Crippen molar-refractivity contribution in [1.29, 1.82) is 0 Å². The van der Waals surface area contributed by atoms with Gasteiger partial charge in [0.05, 0.1) is 23.5 Å². The first-order valence-electron chi connectivity index (χ1n) is 6.65. The number of anilines is 1. The molecule has 0 amide bonds. The molecular weight excluding hydrogens is 304 g/mol. The third-order valence-corrected chi connectivity index (χ3v) is 4.32. The van der Waals surface area contributed by atoms with E-state index in [1.807, 2.05) is 31.1 Å². The van der Waals surface area contributed by atoms with E-state index in [2.05, 4.69) is 30.3 Å². The first kappa shape index (κ1) is 15.8. The van der Waals surface area contributed by atoms with Crippen LogP contribution in [-0.2, 0) is 13.6 Å². The van der Waals surface area contributed by atoms with Gasteiger partial charge in [-0.1, -0.05) is 23.7 Å². The predicted molar refractivity (Wildman–Crippen MR) is 91.8 cm³/mol. The Morgan fingerprint density at radius 2 is 2.14 bits per heavy atom. The zero-order valence-corrected chi connectivity index (χ0v) is 14.2. The third-order valence-electron chi connectivity index (χ3n) is 3.59. The fraction of sp³-hybridized carbons (Fsp3) is 0.333. The van der Waals surface area contributed by atoms with Crippen molar-refractivity contribution in [2.75, 3.05) is 12.4 Å². The van der Waals surface area contributed by atoms with Gasteiger partial charge >= 0.3 is 0 Å². The molecule has 21 heavy (non-hydrogen) atoms. The highest BCUT2D eigenvalue weighted by Gasteiger charge is 2.12. The van der Waals surface area contributed by atoms with Crippen molar-refractivity contribution >= 4 is 34.6 Å². The van der Waals surface area contributed by atoms with Gasteiger partial charge in [0.1, 0.15) is 0 Å². The molecule has 0 spiro atoms. The van der Waals surface area contributed by atoms with E-state index in [1.165, 1.54) is 11.1 Å². The number of halogens is 1. The zero-order chi connectivity index (χ0) is 15.6. The summed E-state index contributed by atoms with van der Waals surface area (Å²) in [5.41, 5.74) is 4.40. The molecule has 0 aliphatic heterocycles. The van der Waals surface area contributed by atoms with E-state index < -0.39 is 0 Å². The van der Waals surface area contributed by atoms with E-state index in [0.717, 1.165) is 11.4 Å². The smallest absolute Gasteiger partial charge is 0.173 e. The molecule has 0 unspecified atom stereocenters. The number of hydrogen-bond acceptors (Lipinski definition) is 2. The fourth-order valence-corrected chi connectivity index (χ4v) is 2.41. The average molecular weight is 323 g/mol. The van der Waals surface area contributed by atoms with Gasteiger partial charge in [-0.05, 0) is 43.3 Å². The predicted octanol–water partition coefficient (Wildman–Crippen LogP) is 3.52. The Hall–Kier alpha value is -1.59. The average Bonchev–Trinajstić information content (AvgIpc) is 2.75. The van der Waals surface area contributed by atoms with Crippen LogP contribution in [0.4, 0.5) is 5.69 Å². The lowest BCUT2D eigenvalue weighted by molar-refractivity contribution is 0.482. The Bertz CT molecular complexity index is 646. The van der Waals surface area contributed by atoms with Crippen molar-refractivity contribution in [2.24, 2.45) is 7.05 Å². The van der Waals surface area contributed by atoms with E-state index in [-0.39, 0.29) is 0 Å². The Labute approximate surface area is 135 Å². The third kappa shape index (κ3) is 3.54. The maximum atomic E-state index is 6.13. The number of thiocarbonyl (C=S) groups is 1. The Morgan fingerprint density at radius 1 is 1.43 bits per heavy atom. The van der Waals surface area contributed by atoms with Gasteiger partial charge < -0.3 is 10.2 Å². The van der Waals surface area contributed by atoms with Gasteiger partial charge in [-0.3, -0.25) is 4.68 Å². The summed E-state index contributed by atoms with van der Waals surface area (Å²) in [6.07, 6.45) is 1.64. The SMILES string of the molecule is Cc1cccc(NC(=S)N(C)Cc2c(Cl)cnn2C)c1C. The second kappa shape index (κ2) is 6.45. The summed E-state index contributed by atoms with van der Waals surface area (Å²) in [4.78, 5) is 1.94. The van der Waals surface area contributed by atoms with E-state index in [1.54, 1.807) is 10.9 Å². The number of nitrogens with zero attached hydrogens (tertiary/aromatic N) is 3. The van der Waals surface area contributed by atoms with Crippen LogP contribution >= 0.6 is 23.8 Å². The first-order chi connectivity index (χ1) is 9.90. The highest BCUT2D eigenvalue weighted by molar-refractivity contribution is 7.80. The Kier molecular flexibility index (Phi) is 4.85. The van der Waals surface area contributed by atoms with E-state index in [0.29, 0.717) is 16.7 Å². The summed E-state index contributed by atoms with van der Waals surface area (Å²) in [6.45, 7) is 4.77. The molecule has 1 heterocycles. The zero-order valence-electron chi connectivity index (χ0n) is 12.6. The molecule has 2 rings (SSSR count). The molecule has 0 saturated carbocycles. The van der Waals surface area contributed by atoms with E-state index in [9.17, 15) is 0 Å². The lowest BCUT2D eigenvalue weighted by atomic mass is 10.1. The maximum Gasteiger partial charge on any atom is 0.173 e. The highest BCUT2D eigenvalue weighted by Crippen LogP contribution is 2.20. The Morgan fingerprint density at radius 3 is 2.76 bits per heavy atom. The molecule has 0 aliphatic carbocycles. The molecule has 2 aromatic rings. The quantitative estimate of drug-likeness (QED) is 0.877. The number of aromatic nitrogens is 2. The number of rotatable bonds is 3. The van der Waals surface area contributed by atoms with Gasteiger partial charge in [0, 0.05) is 19.8 Å². The lowest BCUT2D eigenvalue weighted by Gasteiger charge is -2.22. The minimum Gasteiger partial charge on any atom is -0.346 e. The van der Waals surface area contributed by atoms with Crippen LogP contribution in [0.3, 0.4) is 0 Å². The van der Waals surface area contributed by atoms with Crippen LogP contribution in [0.1, 0.15) is 16.8 Å². The van der Waals surface area contributed by atoms with Crippen LogP contribution in [0, 0.1) is 13.8 Å². The lowest BCUT2D eigenvalue weighted by Crippen LogP contribution is -2.31. The summed E-state index contributed by atoms with van der Waals surface area (Å²) in [7, 11) is 3.81. The van der Waals surface area contributed by atoms with Crippen LogP contribution < -0.4 is 5.32 Å². The van der Waals surface area contributed by atoms with Gasteiger partial charge in [-0.2, -0.15) is 5.10 Å². The van der Waals surface area contributed by atoms with Crippen molar-refractivity contribution in [3.05, 3.63) is 46.2 Å². The van der Waals surface area contributed by atoms with Gasteiger partial charge in [-0.15, -0.1) is 0 Å². The van der Waals surface area contributed by atoms with Gasteiger partial charge in [0.15, 0.2) is 5.11 Å². The van der Waals surface area contributed by atoms with Crippen molar-refractivity contribution in [2.45, 2.75) is 20.4 Å². The van der Waals surface area contributed by atoms with Crippen LogP contribution in [-0.4, -0.2) is 26.8 Å². The van der Waals surface area contributed by atoms with E-state index >= 15 is 0 Å². The monoisotopic (exact) mass is 322 g/mol. The minimum absolute atomic E-state index is 0.603.